The van der Waals surface area contributed by atoms with Crippen LogP contribution in [-0.4, -0.2) is 38.3 Å². The van der Waals surface area contributed by atoms with E-state index in [1.54, 1.807) is 24.3 Å². The lowest BCUT2D eigenvalue weighted by molar-refractivity contribution is -0.130. The summed E-state index contributed by atoms with van der Waals surface area (Å²) in [7, 11) is 1.42. The first-order valence-corrected chi connectivity index (χ1v) is 9.03. The van der Waals surface area contributed by atoms with Crippen LogP contribution in [0.15, 0.2) is 41.0 Å². The minimum atomic E-state index is -0.654. The van der Waals surface area contributed by atoms with E-state index in [-0.39, 0.29) is 41.5 Å². The summed E-state index contributed by atoms with van der Waals surface area (Å²) < 4.78 is 26.4. The van der Waals surface area contributed by atoms with Gasteiger partial charge in [0.1, 0.15) is 0 Å². The van der Waals surface area contributed by atoms with Gasteiger partial charge in [-0.15, -0.1) is 0 Å². The van der Waals surface area contributed by atoms with Crippen LogP contribution in [-0.2, 0) is 14.3 Å². The zero-order valence-electron chi connectivity index (χ0n) is 15.6. The lowest BCUT2D eigenvalue weighted by Gasteiger charge is -2.12. The Morgan fingerprint density at radius 2 is 2.07 bits per heavy atom. The SMILES string of the molecule is COc1cc(C=C2N=C(c3ccc4c(c3)OCO4)OC2=O)cc(Cl)c1OCC(N)=O. The van der Waals surface area contributed by atoms with E-state index in [1.165, 1.54) is 19.3 Å². The van der Waals surface area contributed by atoms with Crippen molar-refractivity contribution in [3.63, 3.8) is 0 Å². The number of hydrogen-bond donors (Lipinski definition) is 1. The van der Waals surface area contributed by atoms with Crippen LogP contribution in [0.2, 0.25) is 5.02 Å². The van der Waals surface area contributed by atoms with E-state index in [1.807, 2.05) is 0 Å². The third-order valence-electron chi connectivity index (χ3n) is 4.15. The molecule has 2 N–H and O–H groups in total. The predicted molar refractivity (Wildman–Crippen MR) is 106 cm³/mol. The molecule has 10 heteroatoms. The number of benzene rings is 2. The second-order valence-electron chi connectivity index (χ2n) is 6.19. The van der Waals surface area contributed by atoms with Gasteiger partial charge in [-0.1, -0.05) is 11.6 Å². The molecule has 154 valence electrons. The number of aliphatic imine (C=N–C) groups is 1. The Hall–Kier alpha value is -3.72. The number of methoxy groups -OCH3 is 1. The van der Waals surface area contributed by atoms with Gasteiger partial charge in [0.2, 0.25) is 12.7 Å². The highest BCUT2D eigenvalue weighted by atomic mass is 35.5. The number of carbonyl (C=O) groups excluding carboxylic acids is 2. The molecule has 0 saturated carbocycles. The first-order valence-electron chi connectivity index (χ1n) is 8.66. The minimum Gasteiger partial charge on any atom is -0.493 e. The number of halogens is 1. The van der Waals surface area contributed by atoms with E-state index in [2.05, 4.69) is 4.99 Å². The summed E-state index contributed by atoms with van der Waals surface area (Å²) in [5.41, 5.74) is 6.25. The molecule has 1 amide bonds. The molecule has 0 atom stereocenters. The van der Waals surface area contributed by atoms with Crippen molar-refractivity contribution in [1.29, 1.82) is 0 Å². The van der Waals surface area contributed by atoms with Crippen molar-refractivity contribution < 1.29 is 33.3 Å². The maximum Gasteiger partial charge on any atom is 0.363 e. The summed E-state index contributed by atoms with van der Waals surface area (Å²) in [6.45, 7) is -0.218. The lowest BCUT2D eigenvalue weighted by atomic mass is 10.1. The highest BCUT2D eigenvalue weighted by Gasteiger charge is 2.26. The summed E-state index contributed by atoms with van der Waals surface area (Å²) in [5.74, 6) is 0.460. The number of amides is 1. The van der Waals surface area contributed by atoms with Gasteiger partial charge in [0.05, 0.1) is 12.1 Å². The van der Waals surface area contributed by atoms with E-state index in [0.717, 1.165) is 0 Å². The van der Waals surface area contributed by atoms with E-state index >= 15 is 0 Å². The number of nitrogens with two attached hydrogens (primary N) is 1. The first-order chi connectivity index (χ1) is 14.4. The van der Waals surface area contributed by atoms with Crippen molar-refractivity contribution >= 4 is 35.5 Å². The van der Waals surface area contributed by atoms with Gasteiger partial charge in [-0.2, -0.15) is 0 Å². The van der Waals surface area contributed by atoms with Crippen molar-refractivity contribution in [1.82, 2.24) is 0 Å². The minimum absolute atomic E-state index is 0.0755. The topological polar surface area (TPSA) is 119 Å². The normalized spacial score (nSPS) is 15.7. The zero-order chi connectivity index (χ0) is 21.3. The number of primary amides is 1. The standard InChI is InChI=1S/C20H15ClN2O7/c1-26-16-6-10(4-12(21)18(16)27-8-17(22)24)5-13-20(25)30-19(23-13)11-2-3-14-15(7-11)29-9-28-14/h2-7H,8-9H2,1H3,(H2,22,24). The molecule has 4 rings (SSSR count). The number of fused-ring (bicyclic) bond motifs is 1. The average Bonchev–Trinajstić information content (AvgIpc) is 3.32. The summed E-state index contributed by atoms with van der Waals surface area (Å²) >= 11 is 6.23. The summed E-state index contributed by atoms with van der Waals surface area (Å²) in [4.78, 5) is 27.5. The molecule has 0 fully saturated rings. The molecule has 2 aliphatic rings. The van der Waals surface area contributed by atoms with Gasteiger partial charge in [0, 0.05) is 5.56 Å². The summed E-state index contributed by atoms with van der Waals surface area (Å²) in [6.07, 6.45) is 1.49. The van der Waals surface area contributed by atoms with E-state index in [0.29, 0.717) is 22.6 Å². The van der Waals surface area contributed by atoms with Crippen LogP contribution in [0.4, 0.5) is 0 Å². The Bertz CT molecular complexity index is 1110. The molecule has 0 radical (unpaired) electrons. The van der Waals surface area contributed by atoms with Gasteiger partial charge in [0.25, 0.3) is 5.91 Å². The summed E-state index contributed by atoms with van der Waals surface area (Å²) in [5, 5.41) is 0.175. The van der Waals surface area contributed by atoms with Gasteiger partial charge >= 0.3 is 5.97 Å². The van der Waals surface area contributed by atoms with Gasteiger partial charge in [-0.3, -0.25) is 4.79 Å². The number of cyclic esters (lactones) is 1. The Balaban J connectivity index is 1.63. The Kier molecular flexibility index (Phi) is 5.20. The molecule has 0 aliphatic carbocycles. The highest BCUT2D eigenvalue weighted by Crippen LogP contribution is 2.37. The van der Waals surface area contributed by atoms with Gasteiger partial charge in [-0.05, 0) is 42.0 Å². The largest absolute Gasteiger partial charge is 0.493 e. The van der Waals surface area contributed by atoms with Crippen LogP contribution in [0.1, 0.15) is 11.1 Å². The van der Waals surface area contributed by atoms with Gasteiger partial charge < -0.3 is 29.4 Å². The molecule has 0 bridgehead atoms. The van der Waals surface area contributed by atoms with Crippen molar-refractivity contribution in [2.24, 2.45) is 10.7 Å². The molecule has 9 nitrogen and oxygen atoms in total. The van der Waals surface area contributed by atoms with Crippen LogP contribution < -0.4 is 24.7 Å². The molecular weight excluding hydrogens is 416 g/mol. The maximum absolute atomic E-state index is 12.3. The molecule has 30 heavy (non-hydrogen) atoms. The highest BCUT2D eigenvalue weighted by molar-refractivity contribution is 6.32. The molecule has 0 unspecified atom stereocenters. The van der Waals surface area contributed by atoms with Crippen LogP contribution in [0.3, 0.4) is 0 Å². The van der Waals surface area contributed by atoms with Gasteiger partial charge in [0.15, 0.2) is 35.3 Å². The molecule has 2 aromatic carbocycles. The number of rotatable bonds is 6. The average molecular weight is 431 g/mol. The fourth-order valence-electron chi connectivity index (χ4n) is 2.83. The van der Waals surface area contributed by atoms with Crippen molar-refractivity contribution in [3.05, 3.63) is 52.2 Å². The molecule has 2 aliphatic heterocycles. The maximum atomic E-state index is 12.3. The molecule has 2 heterocycles. The number of nitrogens with zero attached hydrogens (tertiary/aromatic N) is 1. The molecule has 2 aromatic rings. The summed E-state index contributed by atoms with van der Waals surface area (Å²) in [6, 6.07) is 8.23. The van der Waals surface area contributed by atoms with E-state index in [9.17, 15) is 9.59 Å². The smallest absolute Gasteiger partial charge is 0.363 e. The number of carbonyl (C=O) groups is 2. The second kappa shape index (κ2) is 7.96. The Morgan fingerprint density at radius 3 is 2.83 bits per heavy atom. The third-order valence-corrected chi connectivity index (χ3v) is 4.43. The number of ether oxygens (including phenoxy) is 5. The molecule has 0 aromatic heterocycles. The predicted octanol–water partition coefficient (Wildman–Crippen LogP) is 2.29. The van der Waals surface area contributed by atoms with Gasteiger partial charge in [-0.25, -0.2) is 9.79 Å². The third kappa shape index (κ3) is 3.87. The molecule has 0 saturated heterocycles. The quantitative estimate of drug-likeness (QED) is 0.551. The second-order valence-corrected chi connectivity index (χ2v) is 6.60. The monoisotopic (exact) mass is 430 g/mol. The van der Waals surface area contributed by atoms with E-state index in [4.69, 9.17) is 41.0 Å². The fraction of sp³-hybridized carbons (Fsp3) is 0.150. The van der Waals surface area contributed by atoms with E-state index < -0.39 is 11.9 Å². The lowest BCUT2D eigenvalue weighted by Crippen LogP contribution is -2.20. The number of esters is 1. The fourth-order valence-corrected chi connectivity index (χ4v) is 3.10. The van der Waals surface area contributed by atoms with Crippen molar-refractivity contribution in [2.45, 2.75) is 0 Å². The Morgan fingerprint density at radius 1 is 1.27 bits per heavy atom. The van der Waals surface area contributed by atoms with Crippen LogP contribution in [0.25, 0.3) is 6.08 Å². The van der Waals surface area contributed by atoms with Crippen LogP contribution >= 0.6 is 11.6 Å². The molecular formula is C20H15ClN2O7. The zero-order valence-corrected chi connectivity index (χ0v) is 16.4. The number of hydrogen-bond acceptors (Lipinski definition) is 8. The van der Waals surface area contributed by atoms with Crippen molar-refractivity contribution in [3.8, 4) is 23.0 Å². The van der Waals surface area contributed by atoms with Crippen LogP contribution in [0.5, 0.6) is 23.0 Å². The van der Waals surface area contributed by atoms with Crippen molar-refractivity contribution in [2.75, 3.05) is 20.5 Å². The van der Waals surface area contributed by atoms with Crippen LogP contribution in [0, 0.1) is 0 Å². The Labute approximate surface area is 175 Å². The molecule has 0 spiro atoms. The first kappa shape index (κ1) is 19.6.